The van der Waals surface area contributed by atoms with Gasteiger partial charge in [0.15, 0.2) is 0 Å². The Labute approximate surface area is 155 Å². The van der Waals surface area contributed by atoms with Crippen molar-refractivity contribution in [3.05, 3.63) is 89.5 Å². The Kier molecular flexibility index (Phi) is 3.93. The van der Waals surface area contributed by atoms with E-state index in [4.69, 9.17) is 5.73 Å². The maximum atomic E-state index is 12.5. The molecule has 0 saturated heterocycles. The Bertz CT molecular complexity index is 1020. The first-order valence-corrected chi connectivity index (χ1v) is 8.29. The largest absolute Gasteiger partial charge is 0.399 e. The summed E-state index contributed by atoms with van der Waals surface area (Å²) in [6.07, 6.45) is 0. The van der Waals surface area contributed by atoms with E-state index in [9.17, 15) is 14.4 Å². The van der Waals surface area contributed by atoms with Crippen LogP contribution in [0, 0.1) is 0 Å². The second-order valence-electron chi connectivity index (χ2n) is 6.11. The van der Waals surface area contributed by atoms with Crippen LogP contribution in [-0.4, -0.2) is 17.7 Å². The number of hydrogen-bond acceptors (Lipinski definition) is 4. The van der Waals surface area contributed by atoms with Gasteiger partial charge in [0.2, 0.25) is 0 Å². The number of anilines is 3. The molecular formula is C21H15N3O3. The lowest BCUT2D eigenvalue weighted by Gasteiger charge is -2.14. The molecule has 1 aliphatic heterocycles. The predicted octanol–water partition coefficient (Wildman–Crippen LogP) is 3.32. The number of imide groups is 1. The van der Waals surface area contributed by atoms with E-state index in [1.54, 1.807) is 72.8 Å². The van der Waals surface area contributed by atoms with Crippen molar-refractivity contribution in [1.82, 2.24) is 0 Å². The van der Waals surface area contributed by atoms with Crippen LogP contribution in [0.3, 0.4) is 0 Å². The SMILES string of the molecule is Nc1ccc(C(=O)Nc2ccc(N3C(=O)c4ccccc4C3=O)cc2)cc1. The van der Waals surface area contributed by atoms with Gasteiger partial charge >= 0.3 is 0 Å². The summed E-state index contributed by atoms with van der Waals surface area (Å²) in [7, 11) is 0. The van der Waals surface area contributed by atoms with Crippen molar-refractivity contribution in [1.29, 1.82) is 0 Å². The van der Waals surface area contributed by atoms with Gasteiger partial charge in [-0.3, -0.25) is 14.4 Å². The molecule has 0 radical (unpaired) electrons. The number of benzene rings is 3. The summed E-state index contributed by atoms with van der Waals surface area (Å²) in [6, 6.07) is 19.8. The monoisotopic (exact) mass is 357 g/mol. The molecule has 0 aromatic heterocycles. The van der Waals surface area contributed by atoms with Gasteiger partial charge in [0.25, 0.3) is 17.7 Å². The average Bonchev–Trinajstić information content (AvgIpc) is 2.94. The van der Waals surface area contributed by atoms with Crippen molar-refractivity contribution < 1.29 is 14.4 Å². The van der Waals surface area contributed by atoms with Crippen LogP contribution in [-0.2, 0) is 0 Å². The minimum Gasteiger partial charge on any atom is -0.399 e. The lowest BCUT2D eigenvalue weighted by Crippen LogP contribution is -2.29. The lowest BCUT2D eigenvalue weighted by molar-refractivity contribution is 0.0924. The highest BCUT2D eigenvalue weighted by Crippen LogP contribution is 2.29. The molecule has 0 saturated carbocycles. The van der Waals surface area contributed by atoms with E-state index in [1.165, 1.54) is 0 Å². The van der Waals surface area contributed by atoms with Gasteiger partial charge in [-0.1, -0.05) is 12.1 Å². The second-order valence-corrected chi connectivity index (χ2v) is 6.11. The molecule has 4 rings (SSSR count). The maximum absolute atomic E-state index is 12.5. The molecule has 3 aromatic carbocycles. The van der Waals surface area contributed by atoms with E-state index < -0.39 is 0 Å². The zero-order chi connectivity index (χ0) is 19.0. The number of nitrogens with two attached hydrogens (primary N) is 1. The molecule has 27 heavy (non-hydrogen) atoms. The van der Waals surface area contributed by atoms with Crippen LogP contribution < -0.4 is 16.0 Å². The van der Waals surface area contributed by atoms with Gasteiger partial charge in [-0.25, -0.2) is 4.90 Å². The topological polar surface area (TPSA) is 92.5 Å². The van der Waals surface area contributed by atoms with E-state index in [2.05, 4.69) is 5.32 Å². The number of nitrogens with zero attached hydrogens (tertiary/aromatic N) is 1. The first kappa shape index (κ1) is 16.5. The van der Waals surface area contributed by atoms with Crippen molar-refractivity contribution >= 4 is 34.8 Å². The summed E-state index contributed by atoms with van der Waals surface area (Å²) in [4.78, 5) is 38.4. The summed E-state index contributed by atoms with van der Waals surface area (Å²) in [5.74, 6) is -0.980. The van der Waals surface area contributed by atoms with Gasteiger partial charge in [0.1, 0.15) is 0 Å². The zero-order valence-electron chi connectivity index (χ0n) is 14.2. The van der Waals surface area contributed by atoms with E-state index in [-0.39, 0.29) is 17.7 Å². The third kappa shape index (κ3) is 2.93. The summed E-state index contributed by atoms with van der Waals surface area (Å²) >= 11 is 0. The van der Waals surface area contributed by atoms with E-state index in [0.717, 1.165) is 4.90 Å². The second kappa shape index (κ2) is 6.42. The van der Waals surface area contributed by atoms with Gasteiger partial charge in [-0.2, -0.15) is 0 Å². The molecule has 3 N–H and O–H groups in total. The molecule has 0 fully saturated rings. The van der Waals surface area contributed by atoms with Crippen LogP contribution in [0.25, 0.3) is 0 Å². The smallest absolute Gasteiger partial charge is 0.266 e. The number of carbonyl (C=O) groups is 3. The number of nitrogens with one attached hydrogen (secondary N) is 1. The fourth-order valence-corrected chi connectivity index (χ4v) is 2.96. The molecule has 1 aliphatic rings. The molecule has 0 bridgehead atoms. The summed E-state index contributed by atoms with van der Waals surface area (Å²) in [5, 5.41) is 2.77. The quantitative estimate of drug-likeness (QED) is 0.555. The van der Waals surface area contributed by atoms with Crippen molar-refractivity contribution in [2.75, 3.05) is 16.0 Å². The van der Waals surface area contributed by atoms with Gasteiger partial charge < -0.3 is 11.1 Å². The summed E-state index contributed by atoms with van der Waals surface area (Å²) in [6.45, 7) is 0. The Morgan fingerprint density at radius 3 is 1.89 bits per heavy atom. The van der Waals surface area contributed by atoms with Gasteiger partial charge in [0.05, 0.1) is 16.8 Å². The molecule has 6 nitrogen and oxygen atoms in total. The standard InChI is InChI=1S/C21H15N3O3/c22-14-7-5-13(6-8-14)19(25)23-15-9-11-16(12-10-15)24-20(26)17-3-1-2-4-18(17)21(24)27/h1-12H,22H2,(H,23,25). The normalized spacial score (nSPS) is 12.8. The lowest BCUT2D eigenvalue weighted by atomic mass is 10.1. The number of rotatable bonds is 3. The molecule has 0 spiro atoms. The fraction of sp³-hybridized carbons (Fsp3) is 0. The number of hydrogen-bond donors (Lipinski definition) is 2. The molecule has 3 amide bonds. The van der Waals surface area contributed by atoms with Crippen LogP contribution in [0.2, 0.25) is 0 Å². The highest BCUT2D eigenvalue weighted by molar-refractivity contribution is 6.34. The Hall–Kier alpha value is -3.93. The molecule has 1 heterocycles. The molecule has 132 valence electrons. The van der Waals surface area contributed by atoms with Crippen molar-refractivity contribution in [2.45, 2.75) is 0 Å². The van der Waals surface area contributed by atoms with Gasteiger partial charge in [0, 0.05) is 16.9 Å². The first-order chi connectivity index (χ1) is 13.0. The van der Waals surface area contributed by atoms with Crippen LogP contribution in [0.4, 0.5) is 17.1 Å². The number of fused-ring (bicyclic) bond motifs is 1. The minimum atomic E-state index is -0.353. The fourth-order valence-electron chi connectivity index (χ4n) is 2.96. The first-order valence-electron chi connectivity index (χ1n) is 8.29. The predicted molar refractivity (Wildman–Crippen MR) is 103 cm³/mol. The zero-order valence-corrected chi connectivity index (χ0v) is 14.2. The maximum Gasteiger partial charge on any atom is 0.266 e. The highest BCUT2D eigenvalue weighted by atomic mass is 16.2. The molecule has 3 aromatic rings. The van der Waals surface area contributed by atoms with Crippen molar-refractivity contribution in [3.8, 4) is 0 Å². The number of nitrogen functional groups attached to an aromatic ring is 1. The summed E-state index contributed by atoms with van der Waals surface area (Å²) < 4.78 is 0. The highest BCUT2D eigenvalue weighted by Gasteiger charge is 2.36. The molecule has 0 atom stereocenters. The van der Waals surface area contributed by atoms with Crippen molar-refractivity contribution in [2.24, 2.45) is 0 Å². The van der Waals surface area contributed by atoms with Gasteiger partial charge in [-0.05, 0) is 60.7 Å². The molecule has 0 aliphatic carbocycles. The van der Waals surface area contributed by atoms with E-state index in [1.807, 2.05) is 0 Å². The average molecular weight is 357 g/mol. The molecular weight excluding hydrogens is 342 g/mol. The molecule has 0 unspecified atom stereocenters. The van der Waals surface area contributed by atoms with E-state index >= 15 is 0 Å². The van der Waals surface area contributed by atoms with Crippen molar-refractivity contribution in [3.63, 3.8) is 0 Å². The van der Waals surface area contributed by atoms with Gasteiger partial charge in [-0.15, -0.1) is 0 Å². The summed E-state index contributed by atoms with van der Waals surface area (Å²) in [5.41, 5.74) is 8.47. The van der Waals surface area contributed by atoms with Crippen LogP contribution in [0.1, 0.15) is 31.1 Å². The Morgan fingerprint density at radius 2 is 1.33 bits per heavy atom. The molecule has 6 heteroatoms. The third-order valence-corrected chi connectivity index (χ3v) is 4.35. The Morgan fingerprint density at radius 1 is 0.778 bits per heavy atom. The third-order valence-electron chi connectivity index (χ3n) is 4.35. The number of amides is 3. The van der Waals surface area contributed by atoms with E-state index in [0.29, 0.717) is 33.8 Å². The van der Waals surface area contributed by atoms with Crippen LogP contribution in [0.15, 0.2) is 72.8 Å². The number of carbonyl (C=O) groups excluding carboxylic acids is 3. The van der Waals surface area contributed by atoms with Crippen LogP contribution >= 0.6 is 0 Å². The Balaban J connectivity index is 1.53. The minimum absolute atomic E-state index is 0.275. The van der Waals surface area contributed by atoms with Crippen LogP contribution in [0.5, 0.6) is 0 Å².